The Hall–Kier alpha value is -1.33. The summed E-state index contributed by atoms with van der Waals surface area (Å²) in [6.07, 6.45) is 3.11. The topological polar surface area (TPSA) is 52.6 Å². The number of hydrogen-bond acceptors (Lipinski definition) is 5. The molecule has 0 bridgehead atoms. The molecular weight excluding hydrogens is 268 g/mol. The average Bonchev–Trinajstić information content (AvgIpc) is 2.49. The number of nitrogens with zero attached hydrogens (tertiary/aromatic N) is 1. The molecule has 1 aliphatic rings. The summed E-state index contributed by atoms with van der Waals surface area (Å²) in [5, 5.41) is 3.56. The number of aromatic nitrogens is 1. The van der Waals surface area contributed by atoms with E-state index in [9.17, 15) is 0 Å². The molecule has 0 spiro atoms. The average molecular weight is 294 g/mol. The smallest absolute Gasteiger partial charge is 0.183 e. The largest absolute Gasteiger partial charge is 0.493 e. The van der Waals surface area contributed by atoms with E-state index in [1.54, 1.807) is 26.5 Å². The molecule has 1 N–H and O–H groups in total. The van der Waals surface area contributed by atoms with Crippen LogP contribution in [0.3, 0.4) is 0 Å². The molecule has 0 aliphatic heterocycles. The van der Waals surface area contributed by atoms with Crippen molar-refractivity contribution in [1.82, 2.24) is 10.3 Å². The maximum Gasteiger partial charge on any atom is 0.183 e. The van der Waals surface area contributed by atoms with Gasteiger partial charge in [-0.3, -0.25) is 4.98 Å². The summed E-state index contributed by atoms with van der Waals surface area (Å²) in [6, 6.07) is 2.23. The fraction of sp³-hybridized carbons (Fsp3) is 0.688. The second kappa shape index (κ2) is 6.62. The van der Waals surface area contributed by atoms with Gasteiger partial charge in [0.25, 0.3) is 0 Å². The summed E-state index contributed by atoms with van der Waals surface area (Å²) in [5.41, 5.74) is 1.01. The lowest BCUT2D eigenvalue weighted by molar-refractivity contribution is -0.114. The number of pyridine rings is 1. The van der Waals surface area contributed by atoms with Crippen LogP contribution in [0.25, 0.3) is 0 Å². The molecule has 1 heterocycles. The lowest BCUT2D eigenvalue weighted by Crippen LogP contribution is -2.60. The van der Waals surface area contributed by atoms with E-state index in [0.717, 1.165) is 18.7 Å². The molecule has 1 aliphatic carbocycles. The fourth-order valence-electron chi connectivity index (χ4n) is 2.91. The van der Waals surface area contributed by atoms with Crippen LogP contribution in [-0.2, 0) is 11.3 Å². The Bertz CT molecular complexity index is 477. The molecule has 5 nitrogen and oxygen atoms in total. The molecule has 21 heavy (non-hydrogen) atoms. The first-order valence-corrected chi connectivity index (χ1v) is 7.45. The minimum absolute atomic E-state index is 0.141. The van der Waals surface area contributed by atoms with E-state index >= 15 is 0 Å². The normalized spacial score (nSPS) is 23.5. The highest BCUT2D eigenvalue weighted by molar-refractivity contribution is 5.42. The summed E-state index contributed by atoms with van der Waals surface area (Å²) in [5.74, 6) is 1.41. The molecule has 1 saturated carbocycles. The van der Waals surface area contributed by atoms with Gasteiger partial charge in [-0.1, -0.05) is 13.8 Å². The van der Waals surface area contributed by atoms with Crippen LogP contribution in [0.5, 0.6) is 11.5 Å². The Morgan fingerprint density at radius 2 is 2.10 bits per heavy atom. The van der Waals surface area contributed by atoms with E-state index in [0.29, 0.717) is 30.2 Å². The predicted molar refractivity (Wildman–Crippen MR) is 81.8 cm³/mol. The third-order valence-corrected chi connectivity index (χ3v) is 4.43. The van der Waals surface area contributed by atoms with Gasteiger partial charge < -0.3 is 19.5 Å². The standard InChI is InChI=1S/C16H26N2O3/c1-6-21-14-9-13(16(14,2)3)18-10-11-15(20-5)12(19-4)7-8-17-11/h7-8,13-14,18H,6,9-10H2,1-5H3. The Kier molecular flexibility index (Phi) is 5.06. The van der Waals surface area contributed by atoms with E-state index in [1.807, 2.05) is 6.92 Å². The molecule has 2 rings (SSSR count). The lowest BCUT2D eigenvalue weighted by Gasteiger charge is -2.51. The molecule has 0 aromatic carbocycles. The van der Waals surface area contributed by atoms with Crippen molar-refractivity contribution in [3.05, 3.63) is 18.0 Å². The second-order valence-electron chi connectivity index (χ2n) is 5.93. The van der Waals surface area contributed by atoms with Crippen molar-refractivity contribution >= 4 is 0 Å². The maximum atomic E-state index is 5.76. The highest BCUT2D eigenvalue weighted by atomic mass is 16.5. The summed E-state index contributed by atoms with van der Waals surface area (Å²) in [6.45, 7) is 7.96. The molecule has 5 heteroatoms. The minimum atomic E-state index is 0.141. The van der Waals surface area contributed by atoms with Gasteiger partial charge >= 0.3 is 0 Å². The fourth-order valence-corrected chi connectivity index (χ4v) is 2.91. The van der Waals surface area contributed by atoms with E-state index < -0.39 is 0 Å². The Labute approximate surface area is 127 Å². The van der Waals surface area contributed by atoms with Gasteiger partial charge in [0.2, 0.25) is 0 Å². The third kappa shape index (κ3) is 3.14. The molecule has 2 atom stereocenters. The number of methoxy groups -OCH3 is 2. The molecule has 0 saturated heterocycles. The van der Waals surface area contributed by atoms with Crippen LogP contribution in [0.15, 0.2) is 12.3 Å². The van der Waals surface area contributed by atoms with Crippen LogP contribution >= 0.6 is 0 Å². The number of ether oxygens (including phenoxy) is 3. The van der Waals surface area contributed by atoms with Crippen molar-refractivity contribution in [3.63, 3.8) is 0 Å². The van der Waals surface area contributed by atoms with Crippen molar-refractivity contribution in [2.75, 3.05) is 20.8 Å². The second-order valence-corrected chi connectivity index (χ2v) is 5.93. The van der Waals surface area contributed by atoms with Crippen LogP contribution in [0.1, 0.15) is 32.9 Å². The third-order valence-electron chi connectivity index (χ3n) is 4.43. The van der Waals surface area contributed by atoms with Crippen molar-refractivity contribution < 1.29 is 14.2 Å². The molecule has 118 valence electrons. The Morgan fingerprint density at radius 3 is 2.67 bits per heavy atom. The molecular formula is C16H26N2O3. The molecule has 2 unspecified atom stereocenters. The van der Waals surface area contributed by atoms with Crippen LogP contribution in [0.4, 0.5) is 0 Å². The zero-order valence-electron chi connectivity index (χ0n) is 13.6. The maximum absolute atomic E-state index is 5.76. The molecule has 1 aromatic rings. The van der Waals surface area contributed by atoms with Crippen LogP contribution in [0.2, 0.25) is 0 Å². The SMILES string of the molecule is CCOC1CC(NCc2nccc(OC)c2OC)C1(C)C. The van der Waals surface area contributed by atoms with Crippen LogP contribution in [0, 0.1) is 5.41 Å². The van der Waals surface area contributed by atoms with Crippen molar-refractivity contribution in [2.45, 2.75) is 45.9 Å². The van der Waals surface area contributed by atoms with Crippen LogP contribution in [-0.4, -0.2) is 38.0 Å². The Balaban J connectivity index is 1.99. The highest BCUT2D eigenvalue weighted by Crippen LogP contribution is 2.43. The number of hydrogen-bond donors (Lipinski definition) is 1. The van der Waals surface area contributed by atoms with Gasteiger partial charge in [-0.25, -0.2) is 0 Å². The Morgan fingerprint density at radius 1 is 1.33 bits per heavy atom. The summed E-state index contributed by atoms with van der Waals surface area (Å²) in [4.78, 5) is 4.39. The predicted octanol–water partition coefficient (Wildman–Crippen LogP) is 2.39. The van der Waals surface area contributed by atoms with Gasteiger partial charge in [-0.05, 0) is 13.3 Å². The van der Waals surface area contributed by atoms with Gasteiger partial charge in [0.1, 0.15) is 0 Å². The van der Waals surface area contributed by atoms with Crippen molar-refractivity contribution in [3.8, 4) is 11.5 Å². The summed E-state index contributed by atoms with van der Waals surface area (Å²) < 4.78 is 16.5. The van der Waals surface area contributed by atoms with Crippen LogP contribution < -0.4 is 14.8 Å². The summed E-state index contributed by atoms with van der Waals surface area (Å²) in [7, 11) is 3.28. The van der Waals surface area contributed by atoms with E-state index in [2.05, 4.69) is 24.1 Å². The first-order chi connectivity index (χ1) is 10.0. The minimum Gasteiger partial charge on any atom is -0.493 e. The van der Waals surface area contributed by atoms with E-state index in [-0.39, 0.29) is 5.41 Å². The van der Waals surface area contributed by atoms with E-state index in [4.69, 9.17) is 14.2 Å². The van der Waals surface area contributed by atoms with Crippen molar-refractivity contribution in [2.24, 2.45) is 5.41 Å². The van der Waals surface area contributed by atoms with Gasteiger partial charge in [0.15, 0.2) is 11.5 Å². The molecule has 0 amide bonds. The number of nitrogens with one attached hydrogen (secondary N) is 1. The zero-order chi connectivity index (χ0) is 15.5. The molecule has 1 fully saturated rings. The molecule has 0 radical (unpaired) electrons. The van der Waals surface area contributed by atoms with Gasteiger partial charge in [0, 0.05) is 36.9 Å². The first-order valence-electron chi connectivity index (χ1n) is 7.45. The number of rotatable bonds is 7. The zero-order valence-corrected chi connectivity index (χ0v) is 13.6. The van der Waals surface area contributed by atoms with Crippen molar-refractivity contribution in [1.29, 1.82) is 0 Å². The molecule has 1 aromatic heterocycles. The summed E-state index contributed by atoms with van der Waals surface area (Å²) >= 11 is 0. The quantitative estimate of drug-likeness (QED) is 0.837. The lowest BCUT2D eigenvalue weighted by atomic mass is 9.64. The van der Waals surface area contributed by atoms with E-state index in [1.165, 1.54) is 0 Å². The van der Waals surface area contributed by atoms with Gasteiger partial charge in [-0.2, -0.15) is 0 Å². The first kappa shape index (κ1) is 16.0. The van der Waals surface area contributed by atoms with Gasteiger partial charge in [0.05, 0.1) is 26.0 Å². The monoisotopic (exact) mass is 294 g/mol. The van der Waals surface area contributed by atoms with Gasteiger partial charge in [-0.15, -0.1) is 0 Å². The highest BCUT2D eigenvalue weighted by Gasteiger charge is 2.48.